The molecule has 1 saturated heterocycles. The smallest absolute Gasteiger partial charge is 0.390 e. The first kappa shape index (κ1) is 28.4. The van der Waals surface area contributed by atoms with Crippen molar-refractivity contribution in [3.05, 3.63) is 55.5 Å². The van der Waals surface area contributed by atoms with Crippen molar-refractivity contribution in [3.8, 4) is 0 Å². The average molecular weight is 611 g/mol. The maximum atomic E-state index is 12.5. The Kier molecular flexibility index (Phi) is 7.83. The fraction of sp³-hybridized carbons (Fsp3) is 0.292. The molecular formula is C24H27N12O6P. The number of rotatable bonds is 11. The number of nitrogens with one attached hydrogen (secondary N) is 3. The van der Waals surface area contributed by atoms with Crippen LogP contribution in [-0.4, -0.2) is 91.6 Å². The molecule has 5 aromatic heterocycles. The van der Waals surface area contributed by atoms with Gasteiger partial charge in [-0.05, 0) is 6.08 Å². The molecule has 1 aliphatic rings. The van der Waals surface area contributed by atoms with Crippen molar-refractivity contribution in [2.75, 3.05) is 30.7 Å². The van der Waals surface area contributed by atoms with Crippen LogP contribution in [0.5, 0.6) is 0 Å². The number of H-pyrrole nitrogens is 1. The first-order chi connectivity index (χ1) is 20.8. The summed E-state index contributed by atoms with van der Waals surface area (Å²) in [4.78, 5) is 50.2. The van der Waals surface area contributed by atoms with Gasteiger partial charge in [-0.2, -0.15) is 0 Å². The van der Waals surface area contributed by atoms with E-state index in [0.717, 1.165) is 10.7 Å². The van der Waals surface area contributed by atoms with Gasteiger partial charge in [-0.15, -0.1) is 0 Å². The van der Waals surface area contributed by atoms with Crippen LogP contribution in [0.2, 0.25) is 0 Å². The molecule has 0 radical (unpaired) electrons. The lowest BCUT2D eigenvalue weighted by atomic mass is 10.2. The van der Waals surface area contributed by atoms with Gasteiger partial charge in [0.1, 0.15) is 48.3 Å². The maximum absolute atomic E-state index is 12.5. The van der Waals surface area contributed by atoms with E-state index in [0.29, 0.717) is 46.7 Å². The van der Waals surface area contributed by atoms with Gasteiger partial charge in [-0.1, -0.05) is 0 Å². The number of imidazole rings is 2. The molecule has 7 N–H and O–H groups in total. The van der Waals surface area contributed by atoms with Crippen LogP contribution in [-0.2, 0) is 18.6 Å². The van der Waals surface area contributed by atoms with Crippen molar-refractivity contribution in [1.29, 1.82) is 0 Å². The Morgan fingerprint density at radius 1 is 1.26 bits per heavy atom. The van der Waals surface area contributed by atoms with Crippen molar-refractivity contribution in [1.82, 2.24) is 49.1 Å². The standard InChI is InChI=1S/C24H27N12O6P/c25-21-19-14(1-2-17(38)27-3-4-28-22-20-23(31-10-29-20)33-12-32-22)8-36(24(19)34-11-30-21)18-7-15(37)16(42-18)9-41-43(39,40)35-6-5-26-13-35/h1-2,5-6,8,10-13,15-16,18,37H,3-4,7,9H2,(H,27,38)(H,39,40)(H2,25,30,34)(H2,28,29,31,32,33)/b2-1+/t15?,16-,18-/m1/s1. The Morgan fingerprint density at radius 3 is 2.95 bits per heavy atom. The highest BCUT2D eigenvalue weighted by molar-refractivity contribution is 7.51. The fourth-order valence-electron chi connectivity index (χ4n) is 4.64. The largest absolute Gasteiger partial charge is 0.437 e. The number of nitrogens with two attached hydrogens (primary N) is 1. The topological polar surface area (TPSA) is 246 Å². The molecule has 0 aromatic carbocycles. The maximum Gasteiger partial charge on any atom is 0.437 e. The summed E-state index contributed by atoms with van der Waals surface area (Å²) < 4.78 is 26.3. The van der Waals surface area contributed by atoms with Crippen molar-refractivity contribution in [2.24, 2.45) is 0 Å². The number of nitrogens with zero attached hydrogens (tertiary/aromatic N) is 8. The highest BCUT2D eigenvalue weighted by Gasteiger charge is 2.38. The molecule has 0 bridgehead atoms. The number of carbonyl (C=O) groups is 1. The summed E-state index contributed by atoms with van der Waals surface area (Å²) in [5, 5.41) is 17.0. The zero-order valence-electron chi connectivity index (χ0n) is 22.4. The van der Waals surface area contributed by atoms with Gasteiger partial charge in [0, 0.05) is 49.7 Å². The molecule has 5 aromatic rings. The lowest BCUT2D eigenvalue weighted by Gasteiger charge is -2.18. The molecule has 224 valence electrons. The second kappa shape index (κ2) is 11.9. The second-order valence-electron chi connectivity index (χ2n) is 9.48. The molecule has 43 heavy (non-hydrogen) atoms. The van der Waals surface area contributed by atoms with Crippen LogP contribution in [0.4, 0.5) is 11.6 Å². The average Bonchev–Trinajstić information content (AvgIpc) is 3.80. The van der Waals surface area contributed by atoms with Gasteiger partial charge < -0.3 is 40.7 Å². The number of anilines is 2. The van der Waals surface area contributed by atoms with Crippen LogP contribution in [0.15, 0.2) is 50.0 Å². The second-order valence-corrected chi connectivity index (χ2v) is 11.2. The van der Waals surface area contributed by atoms with Gasteiger partial charge in [-0.3, -0.25) is 9.32 Å². The van der Waals surface area contributed by atoms with Crippen molar-refractivity contribution in [2.45, 2.75) is 24.9 Å². The third-order valence-corrected chi connectivity index (χ3v) is 8.03. The number of hydrogen-bond donors (Lipinski definition) is 6. The SMILES string of the molecule is Nc1ncnc2c1c(/C=C/C(=O)NCCNc1ncnc3[nH]cnc13)cn2[C@H]1CC(O)[C@@H](COP(=O)(O)n2ccnc2)O1. The minimum absolute atomic E-state index is 0.149. The molecule has 6 rings (SSSR count). The number of aliphatic hydroxyl groups excluding tert-OH is 1. The van der Waals surface area contributed by atoms with Crippen LogP contribution in [0, 0.1) is 0 Å². The molecule has 6 heterocycles. The number of fused-ring (bicyclic) bond motifs is 2. The third-order valence-electron chi connectivity index (χ3n) is 6.72. The fourth-order valence-corrected chi connectivity index (χ4v) is 5.54. The van der Waals surface area contributed by atoms with E-state index < -0.39 is 26.2 Å². The Labute approximate surface area is 242 Å². The van der Waals surface area contributed by atoms with Gasteiger partial charge in [-0.25, -0.2) is 38.8 Å². The predicted octanol–water partition coefficient (Wildman–Crippen LogP) is 0.432. The summed E-state index contributed by atoms with van der Waals surface area (Å²) in [6, 6.07) is 0. The Morgan fingerprint density at radius 2 is 2.12 bits per heavy atom. The molecule has 2 unspecified atom stereocenters. The highest BCUT2D eigenvalue weighted by atomic mass is 31.2. The molecule has 0 aliphatic carbocycles. The summed E-state index contributed by atoms with van der Waals surface area (Å²) >= 11 is 0. The van der Waals surface area contributed by atoms with Gasteiger partial charge in [0.2, 0.25) is 5.91 Å². The molecule has 19 heteroatoms. The summed E-state index contributed by atoms with van der Waals surface area (Å²) in [5.74, 6) is 0.403. The number of hydrogen-bond acceptors (Lipinski definition) is 13. The Balaban J connectivity index is 1.10. The van der Waals surface area contributed by atoms with Crippen LogP contribution < -0.4 is 16.4 Å². The van der Waals surface area contributed by atoms with E-state index in [2.05, 4.69) is 45.5 Å². The first-order valence-corrected chi connectivity index (χ1v) is 14.6. The van der Waals surface area contributed by atoms with Crippen molar-refractivity contribution < 1.29 is 28.6 Å². The summed E-state index contributed by atoms with van der Waals surface area (Å²) in [7, 11) is -4.20. The number of nitrogen functional groups attached to an aromatic ring is 1. The molecule has 1 amide bonds. The normalized spacial score (nSPS) is 20.2. The number of ether oxygens (including phenoxy) is 1. The number of aromatic amines is 1. The van der Waals surface area contributed by atoms with Gasteiger partial charge in [0.05, 0.1) is 24.4 Å². The summed E-state index contributed by atoms with van der Waals surface area (Å²) in [6.45, 7) is 0.370. The zero-order chi connectivity index (χ0) is 30.0. The van der Waals surface area contributed by atoms with E-state index in [4.69, 9.17) is 15.0 Å². The summed E-state index contributed by atoms with van der Waals surface area (Å²) in [6.07, 6.45) is 10.3. The van der Waals surface area contributed by atoms with E-state index in [1.165, 1.54) is 37.5 Å². The monoisotopic (exact) mass is 610 g/mol. The molecule has 4 atom stereocenters. The Hall–Kier alpha value is -4.74. The van der Waals surface area contributed by atoms with Crippen LogP contribution >= 0.6 is 7.75 Å². The van der Waals surface area contributed by atoms with Crippen molar-refractivity contribution >= 4 is 53.6 Å². The van der Waals surface area contributed by atoms with E-state index >= 15 is 0 Å². The molecule has 0 saturated carbocycles. The first-order valence-electron chi connectivity index (χ1n) is 13.0. The lowest BCUT2D eigenvalue weighted by Crippen LogP contribution is -2.27. The van der Waals surface area contributed by atoms with Crippen LogP contribution in [0.3, 0.4) is 0 Å². The van der Waals surface area contributed by atoms with Crippen LogP contribution in [0.1, 0.15) is 18.2 Å². The Bertz CT molecular complexity index is 1820. The molecule has 18 nitrogen and oxygen atoms in total. The lowest BCUT2D eigenvalue weighted by molar-refractivity contribution is -0.116. The molecular weight excluding hydrogens is 583 g/mol. The van der Waals surface area contributed by atoms with Crippen molar-refractivity contribution in [3.63, 3.8) is 0 Å². The number of aromatic nitrogens is 9. The summed E-state index contributed by atoms with van der Waals surface area (Å²) in [5.41, 5.74) is 8.35. The zero-order valence-corrected chi connectivity index (χ0v) is 23.3. The molecule has 1 fully saturated rings. The predicted molar refractivity (Wildman–Crippen MR) is 152 cm³/mol. The third kappa shape index (κ3) is 5.95. The van der Waals surface area contributed by atoms with E-state index in [9.17, 15) is 19.4 Å². The van der Waals surface area contributed by atoms with E-state index in [1.54, 1.807) is 16.8 Å². The minimum Gasteiger partial charge on any atom is -0.390 e. The highest BCUT2D eigenvalue weighted by Crippen LogP contribution is 2.44. The molecule has 0 spiro atoms. The number of aliphatic hydroxyl groups is 1. The van der Waals surface area contributed by atoms with Gasteiger partial charge in [0.15, 0.2) is 11.5 Å². The minimum atomic E-state index is -4.20. The van der Waals surface area contributed by atoms with Gasteiger partial charge >= 0.3 is 7.75 Å². The van der Waals surface area contributed by atoms with E-state index in [-0.39, 0.29) is 24.8 Å². The number of carbonyl (C=O) groups excluding carboxylic acids is 1. The van der Waals surface area contributed by atoms with Crippen LogP contribution in [0.25, 0.3) is 28.3 Å². The molecule has 1 aliphatic heterocycles. The quantitative estimate of drug-likeness (QED) is 0.0675. The number of amides is 1. The van der Waals surface area contributed by atoms with E-state index in [1.807, 2.05) is 0 Å². The van der Waals surface area contributed by atoms with Gasteiger partial charge in [0.25, 0.3) is 0 Å².